The summed E-state index contributed by atoms with van der Waals surface area (Å²) in [5.74, 6) is -0.788. The summed E-state index contributed by atoms with van der Waals surface area (Å²) in [5.41, 5.74) is 23.6. The molecule has 6 N–H and O–H groups in total. The van der Waals surface area contributed by atoms with Crippen LogP contribution in [-0.2, 0) is 16.5 Å². The molecule has 0 heterocycles. The van der Waals surface area contributed by atoms with E-state index in [0.717, 1.165) is 0 Å². The first-order chi connectivity index (χ1) is 6.02. The van der Waals surface area contributed by atoms with Gasteiger partial charge in [-0.3, -0.25) is 10.2 Å². The minimum absolute atomic E-state index is 0. The van der Waals surface area contributed by atoms with Crippen LogP contribution >= 0.6 is 0 Å². The predicted octanol–water partition coefficient (Wildman–Crippen LogP) is 0.0794. The summed E-state index contributed by atoms with van der Waals surface area (Å²) in [6.07, 6.45) is 1.24. The summed E-state index contributed by atoms with van der Waals surface area (Å²) in [6, 6.07) is 0. The first kappa shape index (κ1) is 14.9. The van der Waals surface area contributed by atoms with Crippen LogP contribution in [0.25, 0.3) is 11.5 Å². The molecule has 0 aliphatic heterocycles. The number of rotatable bonds is 3. The number of hydrogen-bond donors (Lipinski definition) is 2. The van der Waals surface area contributed by atoms with Crippen molar-refractivity contribution in [3.8, 4) is 0 Å². The third-order valence-electron chi connectivity index (χ3n) is 0.726. The van der Waals surface area contributed by atoms with Crippen molar-refractivity contribution in [3.63, 3.8) is 0 Å². The molecule has 0 aliphatic rings. The molecule has 80 valence electrons. The van der Waals surface area contributed by atoms with Gasteiger partial charge >= 0.3 is 16.5 Å². The molecule has 0 rings (SSSR count). The van der Waals surface area contributed by atoms with Gasteiger partial charge in [-0.1, -0.05) is 0 Å². The van der Waals surface area contributed by atoms with Crippen molar-refractivity contribution >= 4 is 23.8 Å². The second kappa shape index (κ2) is 7.99. The maximum absolute atomic E-state index is 6.71. The molecule has 9 heteroatoms. The normalized spacial score (nSPS) is 14.2. The van der Waals surface area contributed by atoms with E-state index in [2.05, 4.69) is 20.4 Å². The van der Waals surface area contributed by atoms with Crippen LogP contribution in [0.1, 0.15) is 6.92 Å². The van der Waals surface area contributed by atoms with Crippen LogP contribution in [0.15, 0.2) is 20.4 Å². The second-order valence-corrected chi connectivity index (χ2v) is 1.96. The SMILES string of the molecule is CC(/C=N/N=C(\[NH-])N)=N\N=C(/[NH-])N.[Ni+2]. The van der Waals surface area contributed by atoms with E-state index in [1.165, 1.54) is 6.21 Å². The van der Waals surface area contributed by atoms with E-state index in [0.29, 0.717) is 5.71 Å². The van der Waals surface area contributed by atoms with Crippen LogP contribution in [-0.4, -0.2) is 23.8 Å². The van der Waals surface area contributed by atoms with Crippen molar-refractivity contribution in [1.29, 1.82) is 0 Å². The monoisotopic (exact) mass is 240 g/mol. The summed E-state index contributed by atoms with van der Waals surface area (Å²) in [6.45, 7) is 1.59. The molecule has 0 bridgehead atoms. The van der Waals surface area contributed by atoms with Crippen molar-refractivity contribution in [2.45, 2.75) is 6.92 Å². The van der Waals surface area contributed by atoms with Crippen molar-refractivity contribution in [3.05, 3.63) is 11.5 Å². The predicted molar refractivity (Wildman–Crippen MR) is 53.5 cm³/mol. The molecule has 0 atom stereocenters. The molecule has 0 aromatic carbocycles. The van der Waals surface area contributed by atoms with Gasteiger partial charge in [0.25, 0.3) is 0 Å². The van der Waals surface area contributed by atoms with E-state index in [9.17, 15) is 0 Å². The minimum Gasteiger partial charge on any atom is -0.453 e. The maximum atomic E-state index is 6.71. The fourth-order valence-electron chi connectivity index (χ4n) is 0.333. The van der Waals surface area contributed by atoms with E-state index in [1.807, 2.05) is 0 Å². The quantitative estimate of drug-likeness (QED) is 0.311. The molecule has 0 saturated heterocycles. The summed E-state index contributed by atoms with van der Waals surface area (Å²) in [4.78, 5) is 0. The molecule has 0 aromatic heterocycles. The molecular formula is C5H10N8Ni. The molecule has 0 saturated carbocycles. The fourth-order valence-corrected chi connectivity index (χ4v) is 0.333. The second-order valence-electron chi connectivity index (χ2n) is 1.96. The third-order valence-corrected chi connectivity index (χ3v) is 0.726. The van der Waals surface area contributed by atoms with Gasteiger partial charge in [-0.2, -0.15) is 0 Å². The van der Waals surface area contributed by atoms with E-state index < -0.39 is 11.9 Å². The van der Waals surface area contributed by atoms with Gasteiger partial charge in [0.05, 0.1) is 11.9 Å². The Balaban J connectivity index is 0. The van der Waals surface area contributed by atoms with Gasteiger partial charge in [-0.15, -0.1) is 0 Å². The number of nitrogens with two attached hydrogens (primary N) is 2. The molecular weight excluding hydrogens is 231 g/mol. The number of guanidine groups is 2. The molecule has 0 aliphatic carbocycles. The Labute approximate surface area is 91.1 Å². The van der Waals surface area contributed by atoms with Crippen LogP contribution in [0, 0.1) is 0 Å². The summed E-state index contributed by atoms with van der Waals surface area (Å²) in [5, 5.41) is 13.4. The number of hydrogen-bond acceptors (Lipinski definition) is 4. The van der Waals surface area contributed by atoms with Crippen LogP contribution in [0.4, 0.5) is 0 Å². The molecule has 0 spiro atoms. The maximum Gasteiger partial charge on any atom is 2.00 e. The first-order valence-corrected chi connectivity index (χ1v) is 3.20. The van der Waals surface area contributed by atoms with Gasteiger partial charge in [-0.25, -0.2) is 10.2 Å². The number of nitrogens with one attached hydrogen (secondary N) is 2. The van der Waals surface area contributed by atoms with Crippen molar-refractivity contribution < 1.29 is 16.5 Å². The molecule has 0 amide bonds. The van der Waals surface area contributed by atoms with E-state index in [1.54, 1.807) is 6.92 Å². The Morgan fingerprint density at radius 3 is 2.00 bits per heavy atom. The minimum atomic E-state index is -0.396. The Hall–Kier alpha value is -1.63. The van der Waals surface area contributed by atoms with Gasteiger partial charge in [0.1, 0.15) is 0 Å². The number of nitrogens with zero attached hydrogens (tertiary/aromatic N) is 4. The Kier molecular flexibility index (Phi) is 8.49. The Morgan fingerprint density at radius 2 is 1.57 bits per heavy atom. The summed E-state index contributed by atoms with van der Waals surface area (Å²) in [7, 11) is 0. The average Bonchev–Trinajstić information content (AvgIpc) is 2.00. The standard InChI is InChI=1S/C5H10N8.Ni/c1-3(11-13-5(8)9)2-10-12-4(6)7;/h2H,1H3,(H6-2,6,7,8,9,12,13);/q-2;+2/b10-2+,11-3+;. The Morgan fingerprint density at radius 1 is 1.07 bits per heavy atom. The van der Waals surface area contributed by atoms with Gasteiger partial charge < -0.3 is 22.9 Å². The van der Waals surface area contributed by atoms with Gasteiger partial charge in [0, 0.05) is 11.9 Å². The molecule has 0 unspecified atom stereocenters. The zero-order valence-corrected chi connectivity index (χ0v) is 8.32. The largest absolute Gasteiger partial charge is 2.00 e. The van der Waals surface area contributed by atoms with E-state index in [-0.39, 0.29) is 16.5 Å². The van der Waals surface area contributed by atoms with Crippen molar-refractivity contribution in [2.75, 3.05) is 0 Å². The first-order valence-electron chi connectivity index (χ1n) is 3.20. The molecule has 14 heavy (non-hydrogen) atoms. The van der Waals surface area contributed by atoms with Crippen LogP contribution in [0.5, 0.6) is 0 Å². The van der Waals surface area contributed by atoms with Crippen molar-refractivity contribution in [2.24, 2.45) is 31.9 Å². The van der Waals surface area contributed by atoms with Crippen molar-refractivity contribution in [1.82, 2.24) is 0 Å². The smallest absolute Gasteiger partial charge is 0.453 e. The molecule has 0 radical (unpaired) electrons. The van der Waals surface area contributed by atoms with Gasteiger partial charge in [-0.05, 0) is 6.92 Å². The topological polar surface area (TPSA) is 149 Å². The third kappa shape index (κ3) is 10.4. The zero-order chi connectivity index (χ0) is 10.3. The van der Waals surface area contributed by atoms with E-state index in [4.69, 9.17) is 22.9 Å². The van der Waals surface area contributed by atoms with Crippen LogP contribution < -0.4 is 11.5 Å². The molecule has 0 fully saturated rings. The fraction of sp³-hybridized carbons (Fsp3) is 0.200. The van der Waals surface area contributed by atoms with Crippen LogP contribution in [0.2, 0.25) is 0 Å². The van der Waals surface area contributed by atoms with E-state index >= 15 is 0 Å². The zero-order valence-electron chi connectivity index (χ0n) is 7.34. The molecule has 0 aromatic rings. The summed E-state index contributed by atoms with van der Waals surface area (Å²) >= 11 is 0. The van der Waals surface area contributed by atoms with Crippen LogP contribution in [0.3, 0.4) is 0 Å². The average molecular weight is 241 g/mol. The van der Waals surface area contributed by atoms with Gasteiger partial charge in [0.15, 0.2) is 0 Å². The summed E-state index contributed by atoms with van der Waals surface area (Å²) < 4.78 is 0. The van der Waals surface area contributed by atoms with Gasteiger partial charge in [0.2, 0.25) is 0 Å². The Bertz CT molecular complexity index is 269. The molecule has 8 nitrogen and oxygen atoms in total.